The van der Waals surface area contributed by atoms with E-state index in [0.717, 1.165) is 0 Å². The van der Waals surface area contributed by atoms with Crippen molar-refractivity contribution >= 4 is 40.6 Å². The molecule has 7 heteroatoms. The number of hydrogen-bond donors (Lipinski definition) is 2. The fourth-order valence-electron chi connectivity index (χ4n) is 2.45. The number of pyridine rings is 1. The maximum Gasteiger partial charge on any atom is 0.261 e. The topological polar surface area (TPSA) is 79.3 Å². The van der Waals surface area contributed by atoms with Gasteiger partial charge in [0.15, 0.2) is 11.4 Å². The first-order valence-corrected chi connectivity index (χ1v) is 7.15. The Morgan fingerprint density at radius 2 is 2.09 bits per heavy atom. The molecule has 0 bridgehead atoms. The van der Waals surface area contributed by atoms with Gasteiger partial charge in [-0.15, -0.1) is 0 Å². The molecule has 1 aromatic heterocycles. The lowest BCUT2D eigenvalue weighted by molar-refractivity contribution is -0.133. The van der Waals surface area contributed by atoms with Crippen LogP contribution in [-0.4, -0.2) is 21.8 Å². The highest BCUT2D eigenvalue weighted by Gasteiger charge is 2.48. The highest BCUT2D eigenvalue weighted by Crippen LogP contribution is 2.44. The van der Waals surface area contributed by atoms with Gasteiger partial charge in [-0.3, -0.25) is 14.6 Å². The third kappa shape index (κ3) is 2.37. The predicted molar refractivity (Wildman–Crippen MR) is 82.2 cm³/mol. The average molecular weight is 337 g/mol. The summed E-state index contributed by atoms with van der Waals surface area (Å²) in [7, 11) is 0. The van der Waals surface area contributed by atoms with Crippen molar-refractivity contribution in [2.75, 3.05) is 5.32 Å². The minimum Gasteiger partial charge on any atom is -0.375 e. The second kappa shape index (κ2) is 5.35. The molecule has 2 heterocycles. The third-order valence-corrected chi connectivity index (χ3v) is 3.98. The molecule has 0 radical (unpaired) electrons. The van der Waals surface area contributed by atoms with Gasteiger partial charge in [0.05, 0.1) is 17.1 Å². The Bertz CT molecular complexity index is 780. The number of nitrogens with one attached hydrogen (secondary N) is 1. The zero-order valence-corrected chi connectivity index (χ0v) is 12.6. The number of carbonyl (C=O) groups is 2. The number of carbonyl (C=O) groups excluding carboxylic acids is 2. The Balaban J connectivity index is 2.01. The number of rotatable bonds is 3. The number of Topliss-reactive ketones (excluding diaryl/α,β-unsaturated/α-hetero) is 1. The molecular formula is C15H10Cl2N2O3. The Morgan fingerprint density at radius 3 is 2.77 bits per heavy atom. The maximum atomic E-state index is 12.3. The van der Waals surface area contributed by atoms with Crippen LogP contribution in [0.5, 0.6) is 0 Å². The third-order valence-electron chi connectivity index (χ3n) is 3.46. The van der Waals surface area contributed by atoms with Gasteiger partial charge in [-0.25, -0.2) is 0 Å². The van der Waals surface area contributed by atoms with Crippen molar-refractivity contribution in [1.82, 2.24) is 4.98 Å². The molecule has 0 saturated carbocycles. The van der Waals surface area contributed by atoms with Crippen molar-refractivity contribution < 1.29 is 14.7 Å². The van der Waals surface area contributed by atoms with Crippen molar-refractivity contribution in [3.8, 4) is 0 Å². The summed E-state index contributed by atoms with van der Waals surface area (Å²) in [5.74, 6) is -1.17. The number of amides is 1. The normalized spacial score (nSPS) is 19.7. The summed E-state index contributed by atoms with van der Waals surface area (Å²) in [6.07, 6.45) is 1.01. The molecule has 22 heavy (non-hydrogen) atoms. The summed E-state index contributed by atoms with van der Waals surface area (Å²) in [5.41, 5.74) is -1.40. The molecule has 112 valence electrons. The van der Waals surface area contributed by atoms with Gasteiger partial charge < -0.3 is 10.4 Å². The minimum absolute atomic E-state index is 0.122. The van der Waals surface area contributed by atoms with E-state index >= 15 is 0 Å². The van der Waals surface area contributed by atoms with E-state index in [2.05, 4.69) is 10.3 Å². The highest BCUT2D eigenvalue weighted by molar-refractivity contribution is 6.36. The van der Waals surface area contributed by atoms with E-state index in [1.807, 2.05) is 0 Å². The quantitative estimate of drug-likeness (QED) is 0.844. The van der Waals surface area contributed by atoms with Gasteiger partial charge in [-0.1, -0.05) is 29.3 Å². The largest absolute Gasteiger partial charge is 0.375 e. The van der Waals surface area contributed by atoms with Crippen LogP contribution in [0.15, 0.2) is 36.5 Å². The molecule has 1 aromatic carbocycles. The van der Waals surface area contributed by atoms with Crippen LogP contribution in [0, 0.1) is 0 Å². The molecule has 1 aliphatic heterocycles. The smallest absolute Gasteiger partial charge is 0.261 e. The molecule has 0 spiro atoms. The molecule has 0 saturated heterocycles. The number of nitrogens with zero attached hydrogens (tertiary/aromatic N) is 1. The Morgan fingerprint density at radius 1 is 1.32 bits per heavy atom. The number of aromatic nitrogens is 1. The van der Waals surface area contributed by atoms with Crippen molar-refractivity contribution in [2.45, 2.75) is 12.0 Å². The van der Waals surface area contributed by atoms with Crippen molar-refractivity contribution in [3.63, 3.8) is 0 Å². The Hall–Kier alpha value is -1.95. The zero-order valence-electron chi connectivity index (χ0n) is 11.1. The number of benzene rings is 1. The minimum atomic E-state index is -2.04. The molecule has 0 unspecified atom stereocenters. The molecule has 5 nitrogen and oxygen atoms in total. The van der Waals surface area contributed by atoms with Crippen LogP contribution in [0.4, 0.5) is 5.69 Å². The number of ketones is 1. The highest BCUT2D eigenvalue weighted by atomic mass is 35.5. The average Bonchev–Trinajstić information content (AvgIpc) is 2.70. The molecule has 2 N–H and O–H groups in total. The first kappa shape index (κ1) is 15.0. The lowest BCUT2D eigenvalue weighted by atomic mass is 9.89. The van der Waals surface area contributed by atoms with E-state index in [1.165, 1.54) is 24.4 Å². The number of anilines is 1. The Kier molecular flexibility index (Phi) is 3.64. The number of aliphatic hydroxyl groups is 1. The summed E-state index contributed by atoms with van der Waals surface area (Å²) in [6, 6.07) is 7.73. The monoisotopic (exact) mass is 336 g/mol. The van der Waals surface area contributed by atoms with Crippen LogP contribution in [-0.2, 0) is 10.4 Å². The van der Waals surface area contributed by atoms with Crippen molar-refractivity contribution in [3.05, 3.63) is 57.8 Å². The van der Waals surface area contributed by atoms with Crippen molar-refractivity contribution in [2.24, 2.45) is 0 Å². The molecule has 1 atom stereocenters. The van der Waals surface area contributed by atoms with E-state index in [1.54, 1.807) is 12.1 Å². The first-order chi connectivity index (χ1) is 10.4. The first-order valence-electron chi connectivity index (χ1n) is 6.39. The molecule has 0 fully saturated rings. The van der Waals surface area contributed by atoms with Gasteiger partial charge >= 0.3 is 0 Å². The van der Waals surface area contributed by atoms with E-state index in [0.29, 0.717) is 10.7 Å². The Labute approximate surface area is 135 Å². The lowest BCUT2D eigenvalue weighted by Gasteiger charge is -2.20. The maximum absolute atomic E-state index is 12.3. The van der Waals surface area contributed by atoms with E-state index in [4.69, 9.17) is 23.2 Å². The van der Waals surface area contributed by atoms with Crippen molar-refractivity contribution in [1.29, 1.82) is 0 Å². The van der Waals surface area contributed by atoms with Crippen LogP contribution in [0.2, 0.25) is 10.0 Å². The number of hydrogen-bond acceptors (Lipinski definition) is 4. The molecule has 0 aliphatic carbocycles. The fraction of sp³-hybridized carbons (Fsp3) is 0.133. The zero-order chi connectivity index (χ0) is 15.9. The van der Waals surface area contributed by atoms with E-state index in [9.17, 15) is 14.7 Å². The van der Waals surface area contributed by atoms with Crippen LogP contribution in [0.3, 0.4) is 0 Å². The second-order valence-electron chi connectivity index (χ2n) is 4.94. The van der Waals surface area contributed by atoms with Crippen LogP contribution in [0.25, 0.3) is 0 Å². The molecule has 2 aromatic rings. The molecule has 1 amide bonds. The molecular weight excluding hydrogens is 327 g/mol. The van der Waals surface area contributed by atoms with Gasteiger partial charge in [-0.2, -0.15) is 0 Å². The van der Waals surface area contributed by atoms with Gasteiger partial charge in [-0.05, 0) is 24.3 Å². The van der Waals surface area contributed by atoms with Crippen LogP contribution in [0.1, 0.15) is 22.5 Å². The number of fused-ring (bicyclic) bond motifs is 1. The van der Waals surface area contributed by atoms with E-state index in [-0.39, 0.29) is 16.3 Å². The van der Waals surface area contributed by atoms with Gasteiger partial charge in [0.1, 0.15) is 5.69 Å². The van der Waals surface area contributed by atoms with Gasteiger partial charge in [0, 0.05) is 16.8 Å². The summed E-state index contributed by atoms with van der Waals surface area (Å²) >= 11 is 12.0. The van der Waals surface area contributed by atoms with Gasteiger partial charge in [0.2, 0.25) is 0 Å². The summed E-state index contributed by atoms with van der Waals surface area (Å²) in [6.45, 7) is 0. The SMILES string of the molecule is O=C(C[C@@]1(O)C(=O)Nc2cc(Cl)cc(Cl)c21)c1ccccn1. The molecule has 1 aliphatic rings. The molecule has 3 rings (SSSR count). The van der Waals surface area contributed by atoms with Crippen LogP contribution < -0.4 is 5.32 Å². The summed E-state index contributed by atoms with van der Waals surface area (Å²) < 4.78 is 0. The summed E-state index contributed by atoms with van der Waals surface area (Å²) in [4.78, 5) is 28.3. The predicted octanol–water partition coefficient (Wildman–Crippen LogP) is 2.80. The van der Waals surface area contributed by atoms with E-state index < -0.39 is 23.7 Å². The van der Waals surface area contributed by atoms with Crippen LogP contribution >= 0.6 is 23.2 Å². The standard InChI is InChI=1S/C15H10Cl2N2O3/c16-8-5-9(17)13-11(6-8)19-14(21)15(13,22)7-12(20)10-3-1-2-4-18-10/h1-6,22H,7H2,(H,19,21)/t15-/m0/s1. The fourth-order valence-corrected chi connectivity index (χ4v) is 3.10. The second-order valence-corrected chi connectivity index (χ2v) is 5.78. The summed E-state index contributed by atoms with van der Waals surface area (Å²) in [5, 5.41) is 13.7. The number of halogens is 2. The lowest BCUT2D eigenvalue weighted by Crippen LogP contribution is -2.36. The van der Waals surface area contributed by atoms with Gasteiger partial charge in [0.25, 0.3) is 5.91 Å².